The first kappa shape index (κ1) is 17.7. The van der Waals surface area contributed by atoms with E-state index in [1.807, 2.05) is 6.92 Å². The molecule has 11 nitrogen and oxygen atoms in total. The molecule has 1 aromatic heterocycles. The monoisotopic (exact) mass is 367 g/mol. The van der Waals surface area contributed by atoms with E-state index in [0.717, 1.165) is 7.11 Å². The van der Waals surface area contributed by atoms with Crippen LogP contribution in [0.25, 0.3) is 0 Å². The largest absolute Gasteiger partial charge is 0.510 e. The average molecular weight is 367 g/mol. The Labute approximate surface area is 147 Å². The molecular weight excluding hydrogens is 350 g/mol. The van der Waals surface area contributed by atoms with Crippen LogP contribution in [0.3, 0.4) is 0 Å². The highest BCUT2D eigenvalue weighted by molar-refractivity contribution is 5.99. The zero-order chi connectivity index (χ0) is 19.0. The van der Waals surface area contributed by atoms with E-state index in [4.69, 9.17) is 15.2 Å². The van der Waals surface area contributed by atoms with E-state index in [2.05, 4.69) is 9.47 Å². The van der Waals surface area contributed by atoms with Crippen molar-refractivity contribution in [2.45, 2.75) is 25.7 Å². The summed E-state index contributed by atoms with van der Waals surface area (Å²) in [6, 6.07) is -0.189. The fraction of sp³-hybridized carbons (Fsp3) is 0.467. The SMILES string of the molecule is COC(=O)OCOc1c2n(cc(C(N)=O)c1=O)C[C@H]1OC[C@H](C)N1C2=O. The maximum atomic E-state index is 12.9. The maximum absolute atomic E-state index is 12.9. The number of carbonyl (C=O) groups is 3. The Hall–Kier alpha value is -3.08. The Kier molecular flexibility index (Phi) is 4.55. The van der Waals surface area contributed by atoms with Crippen molar-refractivity contribution in [3.8, 4) is 5.75 Å². The highest BCUT2D eigenvalue weighted by Crippen LogP contribution is 2.29. The molecule has 26 heavy (non-hydrogen) atoms. The number of amides is 2. The van der Waals surface area contributed by atoms with Gasteiger partial charge >= 0.3 is 6.16 Å². The van der Waals surface area contributed by atoms with Crippen LogP contribution >= 0.6 is 0 Å². The quantitative estimate of drug-likeness (QED) is 0.542. The zero-order valence-corrected chi connectivity index (χ0v) is 14.1. The standard InChI is InChI=1S/C15H17N3O8/c1-7-5-24-9-4-17-3-8(13(16)20)11(19)12(10(17)14(21)18(7)9)25-6-26-15(22)23-2/h3,7,9H,4-6H2,1-2H3,(H2,16,20)/t7-,9+/m0/s1. The van der Waals surface area contributed by atoms with Gasteiger partial charge < -0.3 is 34.1 Å². The van der Waals surface area contributed by atoms with Gasteiger partial charge in [-0.25, -0.2) is 4.79 Å². The summed E-state index contributed by atoms with van der Waals surface area (Å²) in [5, 5.41) is 0. The van der Waals surface area contributed by atoms with Crippen LogP contribution in [0, 0.1) is 0 Å². The molecule has 11 heteroatoms. The summed E-state index contributed by atoms with van der Waals surface area (Å²) in [5.74, 6) is -1.89. The normalized spacial score (nSPS) is 21.0. The van der Waals surface area contributed by atoms with Crippen molar-refractivity contribution < 1.29 is 33.3 Å². The second-order valence-corrected chi connectivity index (χ2v) is 5.78. The summed E-state index contributed by atoms with van der Waals surface area (Å²) in [6.45, 7) is 1.67. The summed E-state index contributed by atoms with van der Waals surface area (Å²) in [7, 11) is 1.10. The lowest BCUT2D eigenvalue weighted by molar-refractivity contribution is 0.00209. The molecule has 2 aliphatic heterocycles. The van der Waals surface area contributed by atoms with Crippen molar-refractivity contribution in [2.24, 2.45) is 5.73 Å². The molecule has 0 aromatic carbocycles. The number of hydrogen-bond donors (Lipinski definition) is 1. The number of primary amides is 1. The fourth-order valence-corrected chi connectivity index (χ4v) is 2.97. The van der Waals surface area contributed by atoms with Gasteiger partial charge in [-0.15, -0.1) is 0 Å². The smallest absolute Gasteiger partial charge is 0.451 e. The average Bonchev–Trinajstić information content (AvgIpc) is 2.97. The van der Waals surface area contributed by atoms with Crippen LogP contribution in [0.5, 0.6) is 5.75 Å². The Morgan fingerprint density at radius 1 is 1.38 bits per heavy atom. The van der Waals surface area contributed by atoms with Gasteiger partial charge in [0.2, 0.25) is 18.0 Å². The van der Waals surface area contributed by atoms with Crippen LogP contribution in [0.2, 0.25) is 0 Å². The Bertz CT molecular complexity index is 833. The molecule has 140 valence electrons. The minimum Gasteiger partial charge on any atom is -0.451 e. The predicted octanol–water partition coefficient (Wildman–Crippen LogP) is -0.733. The number of methoxy groups -OCH3 is 1. The number of nitrogens with two attached hydrogens (primary N) is 1. The molecule has 1 aromatic rings. The molecule has 1 fully saturated rings. The molecular formula is C15H17N3O8. The van der Waals surface area contributed by atoms with Crippen LogP contribution in [-0.2, 0) is 20.8 Å². The first-order valence-electron chi connectivity index (χ1n) is 7.70. The topological polar surface area (TPSA) is 139 Å². The van der Waals surface area contributed by atoms with Crippen LogP contribution in [0.1, 0.15) is 27.8 Å². The summed E-state index contributed by atoms with van der Waals surface area (Å²) < 4.78 is 21.0. The van der Waals surface area contributed by atoms with Gasteiger partial charge in [-0.1, -0.05) is 0 Å². The van der Waals surface area contributed by atoms with Gasteiger partial charge in [0.25, 0.3) is 11.8 Å². The summed E-state index contributed by atoms with van der Waals surface area (Å²) in [6.07, 6.45) is -0.347. The van der Waals surface area contributed by atoms with Gasteiger partial charge in [0.05, 0.1) is 26.3 Å². The van der Waals surface area contributed by atoms with Crippen molar-refractivity contribution in [1.82, 2.24) is 9.47 Å². The molecule has 2 atom stereocenters. The molecule has 3 rings (SSSR count). The minimum absolute atomic E-state index is 0.0675. The van der Waals surface area contributed by atoms with Gasteiger partial charge in [0.1, 0.15) is 5.56 Å². The molecule has 1 saturated heterocycles. The van der Waals surface area contributed by atoms with E-state index >= 15 is 0 Å². The maximum Gasteiger partial charge on any atom is 0.510 e. The number of hydrogen-bond acceptors (Lipinski definition) is 8. The van der Waals surface area contributed by atoms with E-state index in [-0.39, 0.29) is 23.8 Å². The second-order valence-electron chi connectivity index (χ2n) is 5.78. The van der Waals surface area contributed by atoms with Crippen molar-refractivity contribution in [3.63, 3.8) is 0 Å². The highest BCUT2D eigenvalue weighted by atomic mass is 16.8. The van der Waals surface area contributed by atoms with Gasteiger partial charge in [-0.05, 0) is 6.92 Å². The lowest BCUT2D eigenvalue weighted by atomic mass is 10.1. The fourth-order valence-electron chi connectivity index (χ4n) is 2.97. The first-order valence-corrected chi connectivity index (χ1v) is 7.70. The summed E-state index contributed by atoms with van der Waals surface area (Å²) >= 11 is 0. The van der Waals surface area contributed by atoms with E-state index in [1.54, 1.807) is 0 Å². The van der Waals surface area contributed by atoms with Crippen molar-refractivity contribution in [1.29, 1.82) is 0 Å². The van der Waals surface area contributed by atoms with E-state index in [9.17, 15) is 19.2 Å². The van der Waals surface area contributed by atoms with Crippen molar-refractivity contribution >= 4 is 18.0 Å². The van der Waals surface area contributed by atoms with E-state index < -0.39 is 42.2 Å². The van der Waals surface area contributed by atoms with Gasteiger partial charge in [0, 0.05) is 6.20 Å². The third kappa shape index (κ3) is 2.86. The number of carbonyl (C=O) groups excluding carboxylic acids is 3. The van der Waals surface area contributed by atoms with Crippen molar-refractivity contribution in [2.75, 3.05) is 20.5 Å². The second kappa shape index (κ2) is 6.67. The summed E-state index contributed by atoms with van der Waals surface area (Å²) in [4.78, 5) is 49.5. The van der Waals surface area contributed by atoms with Crippen LogP contribution in [0.4, 0.5) is 4.79 Å². The number of pyridine rings is 1. The predicted molar refractivity (Wildman–Crippen MR) is 83.6 cm³/mol. The van der Waals surface area contributed by atoms with Gasteiger partial charge in [0.15, 0.2) is 11.9 Å². The lowest BCUT2D eigenvalue weighted by Crippen LogP contribution is -2.49. The third-order valence-electron chi connectivity index (χ3n) is 4.16. The van der Waals surface area contributed by atoms with Crippen LogP contribution < -0.4 is 15.9 Å². The highest BCUT2D eigenvalue weighted by Gasteiger charge is 2.43. The molecule has 0 aliphatic carbocycles. The van der Waals surface area contributed by atoms with Crippen LogP contribution in [-0.4, -0.2) is 60.2 Å². The minimum atomic E-state index is -1.03. The Morgan fingerprint density at radius 3 is 2.77 bits per heavy atom. The number of nitrogens with zero attached hydrogens (tertiary/aromatic N) is 2. The lowest BCUT2D eigenvalue weighted by Gasteiger charge is -2.34. The van der Waals surface area contributed by atoms with E-state index in [1.165, 1.54) is 15.7 Å². The molecule has 2 amide bonds. The molecule has 0 radical (unpaired) electrons. The summed E-state index contributed by atoms with van der Waals surface area (Å²) in [5.41, 5.74) is 3.95. The molecule has 2 N–H and O–H groups in total. The van der Waals surface area contributed by atoms with Gasteiger partial charge in [-0.2, -0.15) is 0 Å². The molecule has 0 spiro atoms. The van der Waals surface area contributed by atoms with Crippen molar-refractivity contribution in [3.05, 3.63) is 27.7 Å². The Balaban J connectivity index is 2.04. The zero-order valence-electron chi connectivity index (χ0n) is 14.1. The number of fused-ring (bicyclic) bond motifs is 2. The molecule has 0 unspecified atom stereocenters. The number of aromatic nitrogens is 1. The molecule has 0 saturated carbocycles. The molecule has 2 aliphatic rings. The number of ether oxygens (including phenoxy) is 4. The Morgan fingerprint density at radius 2 is 2.12 bits per heavy atom. The molecule has 3 heterocycles. The van der Waals surface area contributed by atoms with Gasteiger partial charge in [-0.3, -0.25) is 14.4 Å². The van der Waals surface area contributed by atoms with E-state index in [0.29, 0.717) is 6.61 Å². The van der Waals surface area contributed by atoms with Crippen LogP contribution in [0.15, 0.2) is 11.0 Å². The first-order chi connectivity index (χ1) is 12.3. The molecule has 0 bridgehead atoms. The third-order valence-corrected chi connectivity index (χ3v) is 4.16. The number of rotatable bonds is 4.